The van der Waals surface area contributed by atoms with Gasteiger partial charge in [0.25, 0.3) is 5.91 Å². The summed E-state index contributed by atoms with van der Waals surface area (Å²) in [6, 6.07) is 16.4. The Morgan fingerprint density at radius 2 is 1.67 bits per heavy atom. The highest BCUT2D eigenvalue weighted by Crippen LogP contribution is 2.28. The van der Waals surface area contributed by atoms with Crippen LogP contribution in [0.3, 0.4) is 0 Å². The largest absolute Gasteiger partial charge is 0.493 e. The van der Waals surface area contributed by atoms with E-state index in [1.165, 1.54) is 6.21 Å². The molecule has 0 fully saturated rings. The highest BCUT2D eigenvalue weighted by molar-refractivity contribution is 6.32. The van der Waals surface area contributed by atoms with Crippen LogP contribution in [0.15, 0.2) is 59.7 Å². The number of rotatable bonds is 9. The number of amides is 1. The zero-order chi connectivity index (χ0) is 23.8. The van der Waals surface area contributed by atoms with E-state index in [0.717, 1.165) is 22.3 Å². The molecular weight excluding hydrogens is 463 g/mol. The molecule has 1 amide bonds. The lowest BCUT2D eigenvalue weighted by molar-refractivity contribution is -0.123. The maximum absolute atomic E-state index is 12.0. The first-order valence-electron chi connectivity index (χ1n) is 10.1. The lowest BCUT2D eigenvalue weighted by Gasteiger charge is -2.11. The van der Waals surface area contributed by atoms with Crippen LogP contribution in [-0.2, 0) is 11.4 Å². The second-order valence-electron chi connectivity index (χ2n) is 7.28. The Balaban J connectivity index is 1.52. The third-order valence-corrected chi connectivity index (χ3v) is 5.53. The molecule has 0 saturated heterocycles. The predicted molar refractivity (Wildman–Crippen MR) is 131 cm³/mol. The summed E-state index contributed by atoms with van der Waals surface area (Å²) in [5.41, 5.74) is 5.94. The monoisotopic (exact) mass is 486 g/mol. The van der Waals surface area contributed by atoms with Gasteiger partial charge in [-0.3, -0.25) is 4.79 Å². The van der Waals surface area contributed by atoms with Crippen molar-refractivity contribution in [2.75, 3.05) is 13.7 Å². The summed E-state index contributed by atoms with van der Waals surface area (Å²) in [5.74, 6) is 1.34. The van der Waals surface area contributed by atoms with Crippen LogP contribution in [0.25, 0.3) is 0 Å². The van der Waals surface area contributed by atoms with Crippen molar-refractivity contribution in [2.45, 2.75) is 20.5 Å². The number of benzene rings is 3. The van der Waals surface area contributed by atoms with Crippen LogP contribution in [0, 0.1) is 13.8 Å². The predicted octanol–water partition coefficient (Wildman–Crippen LogP) is 5.73. The first kappa shape index (κ1) is 24.4. The van der Waals surface area contributed by atoms with E-state index in [2.05, 4.69) is 10.5 Å². The van der Waals surface area contributed by atoms with Gasteiger partial charge in [0.1, 0.15) is 12.4 Å². The van der Waals surface area contributed by atoms with Crippen LogP contribution in [0.1, 0.15) is 22.3 Å². The summed E-state index contributed by atoms with van der Waals surface area (Å²) >= 11 is 12.1. The molecule has 3 aromatic carbocycles. The molecule has 0 heterocycles. The van der Waals surface area contributed by atoms with E-state index in [4.69, 9.17) is 37.4 Å². The Hall–Kier alpha value is -3.22. The van der Waals surface area contributed by atoms with Gasteiger partial charge in [-0.05, 0) is 78.6 Å². The molecule has 0 aliphatic carbocycles. The van der Waals surface area contributed by atoms with E-state index in [0.29, 0.717) is 33.9 Å². The van der Waals surface area contributed by atoms with E-state index in [1.54, 1.807) is 31.4 Å². The molecule has 33 heavy (non-hydrogen) atoms. The van der Waals surface area contributed by atoms with Gasteiger partial charge in [0, 0.05) is 10.0 Å². The molecule has 172 valence electrons. The summed E-state index contributed by atoms with van der Waals surface area (Å²) in [7, 11) is 1.56. The van der Waals surface area contributed by atoms with E-state index < -0.39 is 0 Å². The van der Waals surface area contributed by atoms with Crippen LogP contribution in [-0.4, -0.2) is 25.8 Å². The average Bonchev–Trinajstić information content (AvgIpc) is 2.81. The Kier molecular flexibility index (Phi) is 8.58. The maximum atomic E-state index is 12.0. The van der Waals surface area contributed by atoms with E-state index >= 15 is 0 Å². The SMILES string of the molecule is COc1cc(/C=N/NC(=O)COc2cc(C)c(Cl)c(C)c2)ccc1OCc1ccc(Cl)cc1. The topological polar surface area (TPSA) is 69.2 Å². The smallest absolute Gasteiger partial charge is 0.277 e. The first-order chi connectivity index (χ1) is 15.9. The molecule has 8 heteroatoms. The molecule has 0 atom stereocenters. The quantitative estimate of drug-likeness (QED) is 0.309. The molecule has 0 unspecified atom stereocenters. The van der Waals surface area contributed by atoms with Gasteiger partial charge in [0.15, 0.2) is 18.1 Å². The highest BCUT2D eigenvalue weighted by Gasteiger charge is 2.08. The van der Waals surface area contributed by atoms with Crippen LogP contribution in [0.5, 0.6) is 17.2 Å². The van der Waals surface area contributed by atoms with Crippen LogP contribution >= 0.6 is 23.2 Å². The Morgan fingerprint density at radius 3 is 2.33 bits per heavy atom. The van der Waals surface area contributed by atoms with Gasteiger partial charge in [0.2, 0.25) is 0 Å². The molecule has 3 aromatic rings. The number of hydrogen-bond acceptors (Lipinski definition) is 5. The van der Waals surface area contributed by atoms with Crippen molar-refractivity contribution in [3.8, 4) is 17.2 Å². The second kappa shape index (κ2) is 11.6. The number of carbonyl (C=O) groups excluding carboxylic acids is 1. The molecule has 1 N–H and O–H groups in total. The molecule has 0 aromatic heterocycles. The number of methoxy groups -OCH3 is 1. The van der Waals surface area contributed by atoms with Gasteiger partial charge in [-0.25, -0.2) is 5.43 Å². The van der Waals surface area contributed by atoms with Gasteiger partial charge in [-0.15, -0.1) is 0 Å². The number of carbonyl (C=O) groups is 1. The van der Waals surface area contributed by atoms with Crippen LogP contribution in [0.4, 0.5) is 0 Å². The van der Waals surface area contributed by atoms with Crippen LogP contribution < -0.4 is 19.6 Å². The zero-order valence-corrected chi connectivity index (χ0v) is 20.0. The highest BCUT2D eigenvalue weighted by atomic mass is 35.5. The number of nitrogens with zero attached hydrogens (tertiary/aromatic N) is 1. The summed E-state index contributed by atoms with van der Waals surface area (Å²) in [6.07, 6.45) is 1.51. The summed E-state index contributed by atoms with van der Waals surface area (Å²) in [4.78, 5) is 12.0. The first-order valence-corrected chi connectivity index (χ1v) is 10.9. The fraction of sp³-hybridized carbons (Fsp3) is 0.200. The Morgan fingerprint density at radius 1 is 0.970 bits per heavy atom. The minimum Gasteiger partial charge on any atom is -0.493 e. The van der Waals surface area contributed by atoms with Gasteiger partial charge >= 0.3 is 0 Å². The Bertz CT molecular complexity index is 1120. The van der Waals surface area contributed by atoms with Crippen molar-refractivity contribution in [3.05, 3.63) is 86.9 Å². The lowest BCUT2D eigenvalue weighted by Crippen LogP contribution is -2.24. The summed E-state index contributed by atoms with van der Waals surface area (Å²) in [6.45, 7) is 3.98. The van der Waals surface area contributed by atoms with Crippen molar-refractivity contribution in [3.63, 3.8) is 0 Å². The molecule has 0 saturated carbocycles. The standard InChI is InChI=1S/C25H24Cl2N2O4/c1-16-10-21(11-17(2)25(16)27)32-15-24(30)29-28-13-19-6-9-22(23(12-19)31-3)33-14-18-4-7-20(26)8-5-18/h4-13H,14-15H2,1-3H3,(H,29,30)/b28-13+. The minimum atomic E-state index is -0.383. The fourth-order valence-electron chi connectivity index (χ4n) is 2.97. The average molecular weight is 487 g/mol. The molecular formula is C25H24Cl2N2O4. The third-order valence-electron chi connectivity index (χ3n) is 4.68. The minimum absolute atomic E-state index is 0.168. The summed E-state index contributed by atoms with van der Waals surface area (Å²) < 4.78 is 16.8. The molecule has 0 bridgehead atoms. The van der Waals surface area contributed by atoms with Crippen molar-refractivity contribution < 1.29 is 19.0 Å². The number of hydrogen-bond donors (Lipinski definition) is 1. The van der Waals surface area contributed by atoms with Gasteiger partial charge in [0.05, 0.1) is 13.3 Å². The fourth-order valence-corrected chi connectivity index (χ4v) is 3.21. The van der Waals surface area contributed by atoms with E-state index in [-0.39, 0.29) is 12.5 Å². The molecule has 0 radical (unpaired) electrons. The van der Waals surface area contributed by atoms with E-state index in [9.17, 15) is 4.79 Å². The van der Waals surface area contributed by atoms with Crippen LogP contribution in [0.2, 0.25) is 10.0 Å². The third kappa shape index (κ3) is 7.14. The number of ether oxygens (including phenoxy) is 3. The van der Waals surface area contributed by atoms with E-state index in [1.807, 2.05) is 44.2 Å². The lowest BCUT2D eigenvalue weighted by atomic mass is 10.1. The molecule has 6 nitrogen and oxygen atoms in total. The normalized spacial score (nSPS) is 10.8. The number of hydrazone groups is 1. The maximum Gasteiger partial charge on any atom is 0.277 e. The zero-order valence-electron chi connectivity index (χ0n) is 18.5. The Labute approximate surface area is 203 Å². The van der Waals surface area contributed by atoms with Crippen molar-refractivity contribution in [2.24, 2.45) is 5.10 Å². The summed E-state index contributed by atoms with van der Waals surface area (Å²) in [5, 5.41) is 5.34. The molecule has 0 aliphatic heterocycles. The number of aryl methyl sites for hydroxylation is 2. The number of halogens is 2. The second-order valence-corrected chi connectivity index (χ2v) is 8.09. The van der Waals surface area contributed by atoms with Crippen molar-refractivity contribution >= 4 is 35.3 Å². The molecule has 0 aliphatic rings. The number of nitrogens with one attached hydrogen (secondary N) is 1. The van der Waals surface area contributed by atoms with Crippen molar-refractivity contribution in [1.82, 2.24) is 5.43 Å². The van der Waals surface area contributed by atoms with Gasteiger partial charge in [-0.2, -0.15) is 5.10 Å². The molecule has 3 rings (SSSR count). The molecule has 0 spiro atoms. The van der Waals surface area contributed by atoms with Gasteiger partial charge in [-0.1, -0.05) is 35.3 Å². The van der Waals surface area contributed by atoms with Crippen molar-refractivity contribution in [1.29, 1.82) is 0 Å². The van der Waals surface area contributed by atoms with Gasteiger partial charge < -0.3 is 14.2 Å².